The SMILES string of the molecule is CC(C)CCC[C@@H](C)[C@H]1C(O)C[C@H]2[C@@H]3CC=C4C[C@H](O)CC5(OS(=O)(=O)OS(=O)(=O)O5)[C@]4(C)[C@H]3CC[C@@]12C. The van der Waals surface area contributed by atoms with Crippen molar-refractivity contribution in [2.75, 3.05) is 0 Å². The van der Waals surface area contributed by atoms with Crippen molar-refractivity contribution in [2.24, 2.45) is 46.3 Å². The van der Waals surface area contributed by atoms with Crippen LogP contribution in [0.5, 0.6) is 0 Å². The molecule has 4 fully saturated rings. The molecule has 9 nitrogen and oxygen atoms in total. The van der Waals surface area contributed by atoms with Crippen molar-refractivity contribution in [3.05, 3.63) is 11.6 Å². The van der Waals surface area contributed by atoms with Crippen LogP contribution in [0, 0.1) is 46.3 Å². The molecule has 1 heterocycles. The average Bonchev–Trinajstić information content (AvgIpc) is 3.02. The number of allylic oxidation sites excluding steroid dienone is 1. The van der Waals surface area contributed by atoms with E-state index in [1.165, 1.54) is 6.42 Å². The van der Waals surface area contributed by atoms with E-state index in [9.17, 15) is 27.0 Å². The fraction of sp³-hybridized carbons (Fsp3) is 0.926. The molecule has 0 aromatic rings. The Hall–Kier alpha value is -0.560. The van der Waals surface area contributed by atoms with Gasteiger partial charge in [0.25, 0.3) is 0 Å². The Morgan fingerprint density at radius 1 is 1.03 bits per heavy atom. The second-order valence-corrected chi connectivity index (χ2v) is 16.1. The molecule has 3 saturated carbocycles. The molecule has 0 aromatic carbocycles. The third kappa shape index (κ3) is 4.52. The summed E-state index contributed by atoms with van der Waals surface area (Å²) in [7, 11) is -9.83. The summed E-state index contributed by atoms with van der Waals surface area (Å²) < 4.78 is 65.0. The van der Waals surface area contributed by atoms with Gasteiger partial charge in [0.15, 0.2) is 0 Å². The fourth-order valence-corrected chi connectivity index (χ4v) is 11.8. The van der Waals surface area contributed by atoms with Crippen LogP contribution >= 0.6 is 0 Å². The van der Waals surface area contributed by atoms with Gasteiger partial charge in [0.2, 0.25) is 5.79 Å². The van der Waals surface area contributed by atoms with Crippen molar-refractivity contribution >= 4 is 20.8 Å². The molecule has 1 spiro atoms. The zero-order chi connectivity index (χ0) is 27.9. The van der Waals surface area contributed by atoms with Crippen LogP contribution in [0.4, 0.5) is 0 Å². The molecule has 0 aromatic heterocycles. The monoisotopic (exact) mass is 576 g/mol. The van der Waals surface area contributed by atoms with Gasteiger partial charge in [-0.2, -0.15) is 16.8 Å². The third-order valence-electron chi connectivity index (χ3n) is 11.0. The van der Waals surface area contributed by atoms with Gasteiger partial charge < -0.3 is 10.2 Å². The maximum absolute atomic E-state index is 12.5. The second kappa shape index (κ2) is 9.49. The molecule has 0 bridgehead atoms. The van der Waals surface area contributed by atoms with Crippen molar-refractivity contribution in [3.63, 3.8) is 0 Å². The number of hydrogen-bond acceptors (Lipinski definition) is 9. The number of fused-ring (bicyclic) bond motifs is 6. The minimum Gasteiger partial charge on any atom is -0.393 e. The lowest BCUT2D eigenvalue weighted by Crippen LogP contribution is -2.66. The Morgan fingerprint density at radius 3 is 2.32 bits per heavy atom. The highest BCUT2D eigenvalue weighted by Crippen LogP contribution is 2.70. The first-order valence-electron chi connectivity index (χ1n) is 14.2. The van der Waals surface area contributed by atoms with E-state index in [0.29, 0.717) is 24.7 Å². The van der Waals surface area contributed by atoms with Gasteiger partial charge in [-0.3, -0.25) is 0 Å². The van der Waals surface area contributed by atoms with Crippen molar-refractivity contribution in [1.29, 1.82) is 0 Å². The zero-order valence-corrected chi connectivity index (χ0v) is 24.8. The molecule has 9 atom stereocenters. The zero-order valence-electron chi connectivity index (χ0n) is 23.1. The lowest BCUT2D eigenvalue weighted by Gasteiger charge is -2.62. The lowest BCUT2D eigenvalue weighted by atomic mass is 9.45. The largest absolute Gasteiger partial charge is 0.419 e. The Balaban J connectivity index is 1.50. The van der Waals surface area contributed by atoms with E-state index < -0.39 is 44.2 Å². The summed E-state index contributed by atoms with van der Waals surface area (Å²) in [6.45, 7) is 10.9. The van der Waals surface area contributed by atoms with Gasteiger partial charge in [-0.25, -0.2) is 8.37 Å². The average molecular weight is 577 g/mol. The van der Waals surface area contributed by atoms with Gasteiger partial charge in [-0.05, 0) is 73.0 Å². The van der Waals surface area contributed by atoms with E-state index in [1.807, 2.05) is 13.0 Å². The molecule has 1 aliphatic heterocycles. The van der Waals surface area contributed by atoms with Crippen molar-refractivity contribution in [3.8, 4) is 0 Å². The Morgan fingerprint density at radius 2 is 1.68 bits per heavy atom. The van der Waals surface area contributed by atoms with E-state index in [4.69, 9.17) is 8.37 Å². The topological polar surface area (TPSA) is 136 Å². The molecular weight excluding hydrogens is 532 g/mol. The summed E-state index contributed by atoms with van der Waals surface area (Å²) in [6, 6.07) is 0. The lowest BCUT2D eigenvalue weighted by molar-refractivity contribution is -0.255. The highest BCUT2D eigenvalue weighted by molar-refractivity contribution is 7.95. The van der Waals surface area contributed by atoms with Gasteiger partial charge in [0.05, 0.1) is 12.2 Å². The minimum atomic E-state index is -4.91. The van der Waals surface area contributed by atoms with E-state index in [-0.39, 0.29) is 35.5 Å². The fourth-order valence-electron chi connectivity index (χ4n) is 9.56. The highest BCUT2D eigenvalue weighted by atomic mass is 32.3. The molecule has 1 saturated heterocycles. The molecule has 11 heteroatoms. The van der Waals surface area contributed by atoms with Crippen LogP contribution in [0.2, 0.25) is 0 Å². The van der Waals surface area contributed by atoms with E-state index in [1.54, 1.807) is 0 Å². The van der Waals surface area contributed by atoms with Crippen LogP contribution in [0.1, 0.15) is 92.4 Å². The molecule has 2 N–H and O–H groups in total. The molecule has 5 rings (SSSR count). The predicted molar refractivity (Wildman–Crippen MR) is 140 cm³/mol. The van der Waals surface area contributed by atoms with E-state index in [0.717, 1.165) is 37.7 Å². The number of rotatable bonds is 5. The summed E-state index contributed by atoms with van der Waals surface area (Å²) >= 11 is 0. The van der Waals surface area contributed by atoms with Gasteiger partial charge in [0, 0.05) is 11.8 Å². The molecule has 218 valence electrons. The quantitative estimate of drug-likeness (QED) is 0.461. The summed E-state index contributed by atoms with van der Waals surface area (Å²) in [5.74, 6) is -0.755. The molecule has 4 aliphatic carbocycles. The van der Waals surface area contributed by atoms with Gasteiger partial charge in [-0.15, -0.1) is 3.63 Å². The smallest absolute Gasteiger partial charge is 0.393 e. The summed E-state index contributed by atoms with van der Waals surface area (Å²) in [6.07, 6.45) is 6.97. The number of aliphatic hydroxyl groups excluding tert-OH is 2. The molecular formula is C27H44O9S2. The molecule has 0 radical (unpaired) electrons. The van der Waals surface area contributed by atoms with Gasteiger partial charge >= 0.3 is 20.8 Å². The van der Waals surface area contributed by atoms with Crippen LogP contribution in [0.25, 0.3) is 0 Å². The highest BCUT2D eigenvalue weighted by Gasteiger charge is 2.71. The first-order valence-corrected chi connectivity index (χ1v) is 16.9. The third-order valence-corrected chi connectivity index (χ3v) is 13.3. The van der Waals surface area contributed by atoms with Gasteiger partial charge in [0.1, 0.15) is 0 Å². The number of hydrogen-bond donors (Lipinski definition) is 2. The molecule has 1 unspecified atom stereocenters. The summed E-state index contributed by atoms with van der Waals surface area (Å²) in [4.78, 5) is 0. The Labute approximate surface area is 228 Å². The Kier molecular flexibility index (Phi) is 7.23. The van der Waals surface area contributed by atoms with Crippen LogP contribution in [0.3, 0.4) is 0 Å². The van der Waals surface area contributed by atoms with Crippen LogP contribution in [0.15, 0.2) is 11.6 Å². The maximum atomic E-state index is 12.5. The standard InChI is InChI=1S/C27H44O9S2/c1-16(2)7-6-8-17(3)24-23(29)14-22-20-10-9-18-13-19(28)15-27(34-37(30,31)36-38(32,33)35-27)26(18,5)21(20)11-12-25(22,24)4/h9,16-17,19-24,28-29H,6-8,10-15H2,1-5H3/t17-,19+,20-,21+,22+,23?,24+,25-,26+/m1/s1. The van der Waals surface area contributed by atoms with Crippen molar-refractivity contribution < 1.29 is 39.0 Å². The number of aliphatic hydroxyl groups is 2. The molecule has 0 amide bonds. The van der Waals surface area contributed by atoms with Crippen molar-refractivity contribution in [1.82, 2.24) is 0 Å². The summed E-state index contributed by atoms with van der Waals surface area (Å²) in [5, 5.41) is 22.1. The maximum Gasteiger partial charge on any atom is 0.419 e. The van der Waals surface area contributed by atoms with E-state index in [2.05, 4.69) is 31.3 Å². The van der Waals surface area contributed by atoms with Crippen LogP contribution < -0.4 is 0 Å². The molecule has 38 heavy (non-hydrogen) atoms. The van der Waals surface area contributed by atoms with Gasteiger partial charge in [-0.1, -0.05) is 65.5 Å². The Bertz CT molecular complexity index is 1140. The van der Waals surface area contributed by atoms with Crippen LogP contribution in [-0.4, -0.2) is 45.0 Å². The second-order valence-electron chi connectivity index (χ2n) is 13.6. The predicted octanol–water partition coefficient (Wildman–Crippen LogP) is 4.22. The normalized spacial score (nSPS) is 45.6. The first-order chi connectivity index (χ1) is 17.5. The minimum absolute atomic E-state index is 0.0730. The molecule has 5 aliphatic rings. The van der Waals surface area contributed by atoms with Crippen LogP contribution in [-0.2, 0) is 32.8 Å². The van der Waals surface area contributed by atoms with Crippen molar-refractivity contribution in [2.45, 2.75) is 110 Å². The summed E-state index contributed by atoms with van der Waals surface area (Å²) in [5.41, 5.74) is -0.409. The first kappa shape index (κ1) is 29.0. The van der Waals surface area contributed by atoms with E-state index >= 15 is 0 Å².